The zero-order valence-corrected chi connectivity index (χ0v) is 9.54. The van der Waals surface area contributed by atoms with E-state index in [4.69, 9.17) is 5.73 Å². The number of para-hydroxylation sites is 1. The van der Waals surface area contributed by atoms with Crippen LogP contribution in [0.5, 0.6) is 0 Å². The Labute approximate surface area is 97.1 Å². The largest absolute Gasteiger partial charge is 0.397 e. The molecule has 1 heterocycles. The molecule has 0 atom stereocenters. The number of rotatable bonds is 2. The van der Waals surface area contributed by atoms with E-state index in [1.165, 1.54) is 11.3 Å². The van der Waals surface area contributed by atoms with Crippen molar-refractivity contribution in [2.75, 3.05) is 11.1 Å². The van der Waals surface area contributed by atoms with Crippen LogP contribution in [0.25, 0.3) is 0 Å². The van der Waals surface area contributed by atoms with Crippen LogP contribution >= 0.6 is 11.3 Å². The Hall–Kier alpha value is -1.88. The third-order valence-corrected chi connectivity index (χ3v) is 2.79. The highest BCUT2D eigenvalue weighted by Gasteiger charge is 2.10. The quantitative estimate of drug-likeness (QED) is 0.782. The van der Waals surface area contributed by atoms with Crippen molar-refractivity contribution in [2.45, 2.75) is 6.92 Å². The van der Waals surface area contributed by atoms with E-state index in [1.807, 2.05) is 19.1 Å². The molecule has 0 bridgehead atoms. The molecule has 0 fully saturated rings. The van der Waals surface area contributed by atoms with Gasteiger partial charge in [-0.3, -0.25) is 4.79 Å². The van der Waals surface area contributed by atoms with E-state index >= 15 is 0 Å². The smallest absolute Gasteiger partial charge is 0.275 e. The number of nitrogens with zero attached hydrogens (tertiary/aromatic N) is 1. The van der Waals surface area contributed by atoms with Gasteiger partial charge in [0.2, 0.25) is 0 Å². The Morgan fingerprint density at radius 2 is 2.31 bits per heavy atom. The zero-order chi connectivity index (χ0) is 11.5. The second-order valence-electron chi connectivity index (χ2n) is 3.37. The minimum atomic E-state index is -0.234. The normalized spacial score (nSPS) is 10.1. The van der Waals surface area contributed by atoms with Crippen LogP contribution in [0.4, 0.5) is 11.4 Å². The van der Waals surface area contributed by atoms with Crippen LogP contribution in [0.1, 0.15) is 16.1 Å². The van der Waals surface area contributed by atoms with Crippen molar-refractivity contribution in [1.82, 2.24) is 4.98 Å². The number of aromatic nitrogens is 1. The summed E-state index contributed by atoms with van der Waals surface area (Å²) in [7, 11) is 0. The van der Waals surface area contributed by atoms with E-state index in [0.29, 0.717) is 17.1 Å². The number of nitrogens with two attached hydrogens (primary N) is 1. The van der Waals surface area contributed by atoms with E-state index in [1.54, 1.807) is 17.0 Å². The number of benzene rings is 1. The number of thiazole rings is 1. The lowest BCUT2D eigenvalue weighted by molar-refractivity contribution is 0.102. The number of nitrogen functional groups attached to an aromatic ring is 1. The van der Waals surface area contributed by atoms with Crippen molar-refractivity contribution >= 4 is 28.6 Å². The molecule has 82 valence electrons. The number of nitrogens with one attached hydrogen (secondary N) is 1. The summed E-state index contributed by atoms with van der Waals surface area (Å²) in [5.74, 6) is -0.234. The van der Waals surface area contributed by atoms with Gasteiger partial charge in [0.1, 0.15) is 5.69 Å². The predicted octanol–water partition coefficient (Wildman–Crippen LogP) is 2.29. The van der Waals surface area contributed by atoms with Crippen LogP contribution in [0.3, 0.4) is 0 Å². The number of amides is 1. The van der Waals surface area contributed by atoms with Crippen LogP contribution in [0.15, 0.2) is 29.1 Å². The van der Waals surface area contributed by atoms with Crippen LogP contribution in [-0.2, 0) is 0 Å². The standard InChI is InChI=1S/C11H11N3OS/c1-7-3-2-4-8(12)10(7)14-11(15)9-5-16-6-13-9/h2-6H,12H2,1H3,(H,14,15). The van der Waals surface area contributed by atoms with Gasteiger partial charge >= 0.3 is 0 Å². The molecule has 5 heteroatoms. The van der Waals surface area contributed by atoms with Crippen molar-refractivity contribution in [1.29, 1.82) is 0 Å². The first-order valence-corrected chi connectivity index (χ1v) is 5.67. The van der Waals surface area contributed by atoms with E-state index in [2.05, 4.69) is 10.3 Å². The molecular formula is C11H11N3OS. The molecule has 1 amide bonds. The summed E-state index contributed by atoms with van der Waals surface area (Å²) in [6, 6.07) is 5.50. The number of aryl methyl sites for hydroxylation is 1. The highest BCUT2D eigenvalue weighted by atomic mass is 32.1. The summed E-state index contributed by atoms with van der Waals surface area (Å²) in [6.07, 6.45) is 0. The van der Waals surface area contributed by atoms with E-state index in [0.717, 1.165) is 5.56 Å². The number of hydrogen-bond acceptors (Lipinski definition) is 4. The predicted molar refractivity (Wildman–Crippen MR) is 65.7 cm³/mol. The van der Waals surface area contributed by atoms with Gasteiger partial charge in [-0.05, 0) is 18.6 Å². The molecule has 0 radical (unpaired) electrons. The van der Waals surface area contributed by atoms with Crippen molar-refractivity contribution in [3.63, 3.8) is 0 Å². The molecule has 1 aromatic carbocycles. The first-order valence-electron chi connectivity index (χ1n) is 4.73. The lowest BCUT2D eigenvalue weighted by atomic mass is 10.1. The number of carbonyl (C=O) groups is 1. The summed E-state index contributed by atoms with van der Waals surface area (Å²) in [6.45, 7) is 1.90. The van der Waals surface area contributed by atoms with Gasteiger partial charge in [0.25, 0.3) is 5.91 Å². The molecule has 0 spiro atoms. The van der Waals surface area contributed by atoms with Crippen molar-refractivity contribution in [2.24, 2.45) is 0 Å². The molecule has 16 heavy (non-hydrogen) atoms. The summed E-state index contributed by atoms with van der Waals surface area (Å²) in [4.78, 5) is 15.7. The van der Waals surface area contributed by atoms with Gasteiger partial charge in [-0.15, -0.1) is 11.3 Å². The average Bonchev–Trinajstić information content (AvgIpc) is 2.76. The summed E-state index contributed by atoms with van der Waals surface area (Å²) >= 11 is 1.38. The van der Waals surface area contributed by atoms with Gasteiger partial charge in [0.05, 0.1) is 16.9 Å². The first kappa shape index (κ1) is 10.6. The van der Waals surface area contributed by atoms with Crippen LogP contribution in [0, 0.1) is 6.92 Å². The second kappa shape index (κ2) is 4.32. The molecule has 2 aromatic rings. The molecule has 0 aliphatic rings. The molecule has 0 aliphatic heterocycles. The third-order valence-electron chi connectivity index (χ3n) is 2.21. The molecule has 2 rings (SSSR count). The maximum atomic E-state index is 11.8. The summed E-state index contributed by atoms with van der Waals surface area (Å²) < 4.78 is 0. The fraction of sp³-hybridized carbons (Fsp3) is 0.0909. The monoisotopic (exact) mass is 233 g/mol. The van der Waals surface area contributed by atoms with Crippen LogP contribution in [0.2, 0.25) is 0 Å². The Morgan fingerprint density at radius 3 is 2.94 bits per heavy atom. The van der Waals surface area contributed by atoms with Gasteiger partial charge < -0.3 is 11.1 Å². The third kappa shape index (κ3) is 2.04. The van der Waals surface area contributed by atoms with Gasteiger partial charge in [-0.1, -0.05) is 12.1 Å². The molecule has 0 aliphatic carbocycles. The fourth-order valence-corrected chi connectivity index (χ4v) is 1.90. The topological polar surface area (TPSA) is 68.0 Å². The van der Waals surface area contributed by atoms with Crippen molar-refractivity contribution in [3.8, 4) is 0 Å². The highest BCUT2D eigenvalue weighted by molar-refractivity contribution is 7.07. The maximum Gasteiger partial charge on any atom is 0.275 e. The van der Waals surface area contributed by atoms with Crippen LogP contribution < -0.4 is 11.1 Å². The van der Waals surface area contributed by atoms with Gasteiger partial charge in [0.15, 0.2) is 0 Å². The number of hydrogen-bond donors (Lipinski definition) is 2. The van der Waals surface area contributed by atoms with Crippen molar-refractivity contribution < 1.29 is 4.79 Å². The lowest BCUT2D eigenvalue weighted by Crippen LogP contribution is -2.14. The average molecular weight is 233 g/mol. The zero-order valence-electron chi connectivity index (χ0n) is 8.73. The minimum absolute atomic E-state index is 0.234. The first-order chi connectivity index (χ1) is 7.68. The van der Waals surface area contributed by atoms with E-state index in [9.17, 15) is 4.79 Å². The fourth-order valence-electron chi connectivity index (χ4n) is 1.36. The second-order valence-corrected chi connectivity index (χ2v) is 4.09. The molecule has 0 saturated heterocycles. The van der Waals surface area contributed by atoms with E-state index in [-0.39, 0.29) is 5.91 Å². The van der Waals surface area contributed by atoms with Crippen molar-refractivity contribution in [3.05, 3.63) is 40.3 Å². The SMILES string of the molecule is Cc1cccc(N)c1NC(=O)c1cscn1. The summed E-state index contributed by atoms with van der Waals surface area (Å²) in [5.41, 5.74) is 9.97. The molecule has 0 unspecified atom stereocenters. The maximum absolute atomic E-state index is 11.8. The Morgan fingerprint density at radius 1 is 1.50 bits per heavy atom. The molecule has 4 nitrogen and oxygen atoms in total. The van der Waals surface area contributed by atoms with Gasteiger partial charge in [-0.2, -0.15) is 0 Å². The molecule has 1 aromatic heterocycles. The van der Waals surface area contributed by atoms with E-state index < -0.39 is 0 Å². The van der Waals surface area contributed by atoms with Gasteiger partial charge in [-0.25, -0.2) is 4.98 Å². The molecular weight excluding hydrogens is 222 g/mol. The molecule has 0 saturated carbocycles. The minimum Gasteiger partial charge on any atom is -0.397 e. The number of anilines is 2. The molecule has 3 N–H and O–H groups in total. The Kier molecular flexibility index (Phi) is 2.87. The Balaban J connectivity index is 2.25. The number of carbonyl (C=O) groups excluding carboxylic acids is 1. The Bertz CT molecular complexity index is 488. The van der Waals surface area contributed by atoms with Crippen LogP contribution in [-0.4, -0.2) is 10.9 Å². The lowest BCUT2D eigenvalue weighted by Gasteiger charge is -2.09. The highest BCUT2D eigenvalue weighted by Crippen LogP contribution is 2.23. The summed E-state index contributed by atoms with van der Waals surface area (Å²) in [5, 5.41) is 4.46. The van der Waals surface area contributed by atoms with Gasteiger partial charge in [0, 0.05) is 5.38 Å².